The number of anilines is 2. The Balaban J connectivity index is 0.701. The van der Waals surface area contributed by atoms with E-state index in [9.17, 15) is 28.7 Å². The molecular formula is C55H66FN11O5S. The Morgan fingerprint density at radius 2 is 1.64 bits per heavy atom. The van der Waals surface area contributed by atoms with Crippen molar-refractivity contribution in [2.45, 2.75) is 116 Å². The van der Waals surface area contributed by atoms with E-state index in [1.165, 1.54) is 11.0 Å². The van der Waals surface area contributed by atoms with E-state index in [0.717, 1.165) is 82.5 Å². The maximum absolute atomic E-state index is 14.2. The van der Waals surface area contributed by atoms with Crippen molar-refractivity contribution >= 4 is 52.2 Å². The van der Waals surface area contributed by atoms with Gasteiger partial charge in [-0.05, 0) is 91.1 Å². The van der Waals surface area contributed by atoms with Gasteiger partial charge in [-0.25, -0.2) is 23.9 Å². The highest BCUT2D eigenvalue weighted by Crippen LogP contribution is 2.36. The molecule has 0 unspecified atom stereocenters. The first-order chi connectivity index (χ1) is 35.2. The van der Waals surface area contributed by atoms with Crippen molar-refractivity contribution in [2.24, 2.45) is 5.41 Å². The van der Waals surface area contributed by atoms with Crippen LogP contribution in [-0.2, 0) is 25.7 Å². The summed E-state index contributed by atoms with van der Waals surface area (Å²) in [4.78, 5) is 77.0. The van der Waals surface area contributed by atoms with Gasteiger partial charge in [-0.15, -0.1) is 16.4 Å². The van der Waals surface area contributed by atoms with Gasteiger partial charge in [0.15, 0.2) is 5.65 Å². The number of β-amino-alcohol motifs (C(OH)–C–C–N with tert-alkyl or cyclic N) is 1. The Labute approximate surface area is 430 Å². The number of aliphatic hydroxyl groups is 1. The Bertz CT molecular complexity index is 2910. The molecule has 73 heavy (non-hydrogen) atoms. The lowest BCUT2D eigenvalue weighted by Crippen LogP contribution is -2.57. The summed E-state index contributed by atoms with van der Waals surface area (Å²) in [5, 5.41) is 21.5. The van der Waals surface area contributed by atoms with E-state index in [2.05, 4.69) is 30.4 Å². The van der Waals surface area contributed by atoms with E-state index < -0.39 is 29.5 Å². The number of hydrogen-bond acceptors (Lipinski definition) is 12. The van der Waals surface area contributed by atoms with Crippen molar-refractivity contribution in [1.29, 1.82) is 0 Å². The maximum Gasteiger partial charge on any atom is 0.246 e. The monoisotopic (exact) mass is 1010 g/mol. The molecule has 4 amide bonds. The van der Waals surface area contributed by atoms with Crippen LogP contribution in [0.2, 0.25) is 0 Å². The number of nitrogens with zero attached hydrogens (tertiary/aromatic N) is 9. The van der Waals surface area contributed by atoms with Crippen molar-refractivity contribution in [2.75, 3.05) is 49.1 Å². The van der Waals surface area contributed by atoms with Gasteiger partial charge >= 0.3 is 0 Å². The van der Waals surface area contributed by atoms with Gasteiger partial charge in [0.1, 0.15) is 35.2 Å². The minimum absolute atomic E-state index is 0.00850. The van der Waals surface area contributed by atoms with Crippen molar-refractivity contribution in [3.8, 4) is 21.8 Å². The van der Waals surface area contributed by atoms with Crippen LogP contribution in [0.3, 0.4) is 0 Å². The fraction of sp³-hybridized carbons (Fsp3) is 0.455. The number of carbonyl (C=O) groups excluding carboxylic acids is 4. The number of carbonyl (C=O) groups is 4. The van der Waals surface area contributed by atoms with Gasteiger partial charge in [0.2, 0.25) is 23.6 Å². The first kappa shape index (κ1) is 51.1. The normalized spacial score (nSPS) is 18.6. The Kier molecular flexibility index (Phi) is 15.8. The van der Waals surface area contributed by atoms with Crippen LogP contribution in [0.4, 0.5) is 16.0 Å². The third-order valence-electron chi connectivity index (χ3n) is 14.3. The van der Waals surface area contributed by atoms with E-state index in [-0.39, 0.29) is 55.5 Å². The number of amides is 4. The van der Waals surface area contributed by atoms with Gasteiger partial charge in [-0.1, -0.05) is 76.1 Å². The van der Waals surface area contributed by atoms with Crippen molar-refractivity contribution < 1.29 is 28.7 Å². The average molecular weight is 1010 g/mol. The number of likely N-dealkylation sites (tertiary alicyclic amines) is 1. The second-order valence-electron chi connectivity index (χ2n) is 20.6. The third-order valence-corrected chi connectivity index (χ3v) is 15.3. The summed E-state index contributed by atoms with van der Waals surface area (Å²) >= 11 is 1.58. The van der Waals surface area contributed by atoms with E-state index in [4.69, 9.17) is 10.1 Å². The van der Waals surface area contributed by atoms with Crippen LogP contribution in [0.25, 0.3) is 27.5 Å². The van der Waals surface area contributed by atoms with E-state index in [0.29, 0.717) is 51.1 Å². The van der Waals surface area contributed by atoms with Gasteiger partial charge in [0, 0.05) is 65.1 Å². The largest absolute Gasteiger partial charge is 0.391 e. The quantitative estimate of drug-likeness (QED) is 0.0770. The van der Waals surface area contributed by atoms with Crippen LogP contribution in [-0.4, -0.2) is 121 Å². The molecule has 16 nitrogen and oxygen atoms in total. The zero-order valence-corrected chi connectivity index (χ0v) is 43.0. The molecule has 384 valence electrons. The molecule has 3 aliphatic heterocycles. The number of benzene rings is 2. The number of piperazine rings is 1. The second-order valence-corrected chi connectivity index (χ2v) is 21.5. The first-order valence-corrected chi connectivity index (χ1v) is 26.5. The van der Waals surface area contributed by atoms with Gasteiger partial charge in [0.05, 0.1) is 40.1 Å². The molecule has 4 aromatic heterocycles. The predicted octanol–water partition coefficient (Wildman–Crippen LogP) is 7.50. The zero-order chi connectivity index (χ0) is 51.2. The molecule has 0 spiro atoms. The molecule has 3 aliphatic rings. The fourth-order valence-corrected chi connectivity index (χ4v) is 11.1. The van der Waals surface area contributed by atoms with Crippen LogP contribution in [0.5, 0.6) is 0 Å². The number of rotatable bonds is 17. The highest BCUT2D eigenvalue weighted by molar-refractivity contribution is 7.13. The summed E-state index contributed by atoms with van der Waals surface area (Å²) in [6, 6.07) is 22.9. The Morgan fingerprint density at radius 1 is 0.877 bits per heavy atom. The topological polar surface area (TPSA) is 182 Å². The molecule has 6 aromatic rings. The molecule has 7 heterocycles. The SMILES string of the molecule is Cc1ncsc1-c1ccc(CNC(=O)[C@@H]2C[C@@H](O)CN2C(=O)[C@@H](NC(=O)CCCCCCC(=O)N2CCN(c3cccc(-c4cnc5ccc(N6CCC[C@@H]6c6cccc(F)c6)nn45)n3)CC2)C(C)(C)C)cc1. The van der Waals surface area contributed by atoms with E-state index in [1.54, 1.807) is 29.7 Å². The number of halogens is 1. The van der Waals surface area contributed by atoms with E-state index in [1.807, 2.05) is 103 Å². The third kappa shape index (κ3) is 12.0. The summed E-state index contributed by atoms with van der Waals surface area (Å²) in [6.07, 6.45) is 6.49. The van der Waals surface area contributed by atoms with Gasteiger partial charge in [-0.3, -0.25) is 19.2 Å². The number of aromatic nitrogens is 5. The van der Waals surface area contributed by atoms with Crippen molar-refractivity contribution in [1.82, 2.24) is 45.0 Å². The minimum atomic E-state index is -0.895. The van der Waals surface area contributed by atoms with E-state index >= 15 is 0 Å². The molecule has 2 aromatic carbocycles. The van der Waals surface area contributed by atoms with Crippen molar-refractivity contribution in [3.05, 3.63) is 113 Å². The summed E-state index contributed by atoms with van der Waals surface area (Å²) in [5.74, 6) is 0.506. The number of pyridine rings is 1. The number of imidazole rings is 1. The highest BCUT2D eigenvalue weighted by Gasteiger charge is 2.44. The van der Waals surface area contributed by atoms with Gasteiger partial charge in [0.25, 0.3) is 0 Å². The minimum Gasteiger partial charge on any atom is -0.391 e. The molecule has 3 saturated heterocycles. The first-order valence-electron chi connectivity index (χ1n) is 25.6. The van der Waals surface area contributed by atoms with Crippen LogP contribution < -0.4 is 20.4 Å². The molecule has 18 heteroatoms. The van der Waals surface area contributed by atoms with Crippen LogP contribution in [0.15, 0.2) is 90.6 Å². The zero-order valence-electron chi connectivity index (χ0n) is 42.2. The lowest BCUT2D eigenvalue weighted by atomic mass is 9.85. The lowest BCUT2D eigenvalue weighted by molar-refractivity contribution is -0.144. The summed E-state index contributed by atoms with van der Waals surface area (Å²) in [7, 11) is 0. The highest BCUT2D eigenvalue weighted by atomic mass is 32.1. The Hall–Kier alpha value is -6.79. The Morgan fingerprint density at radius 3 is 2.38 bits per heavy atom. The van der Waals surface area contributed by atoms with Crippen molar-refractivity contribution in [3.63, 3.8) is 0 Å². The summed E-state index contributed by atoms with van der Waals surface area (Å²) < 4.78 is 16.0. The number of unbranched alkanes of at least 4 members (excludes halogenated alkanes) is 3. The maximum atomic E-state index is 14.2. The molecule has 3 fully saturated rings. The predicted molar refractivity (Wildman–Crippen MR) is 280 cm³/mol. The molecule has 0 bridgehead atoms. The molecule has 0 aliphatic carbocycles. The summed E-state index contributed by atoms with van der Waals surface area (Å²) in [5.41, 5.74) is 7.25. The van der Waals surface area contributed by atoms with Crippen LogP contribution in [0, 0.1) is 18.2 Å². The molecule has 3 N–H and O–H groups in total. The summed E-state index contributed by atoms with van der Waals surface area (Å²) in [6.45, 7) is 11.2. The number of hydrogen-bond donors (Lipinski definition) is 3. The molecule has 0 radical (unpaired) electrons. The molecule has 4 atom stereocenters. The standard InChI is InChI=1S/C55H66FN11O5S/c1-36-51(73-35-59-36)38-21-19-37(20-22-38)32-58-53(71)44-31-41(68)34-66(44)54(72)52(55(2,3)4)61-49(69)17-7-5-6-8-18-50(70)64-28-26-63(27-29-64)47-16-10-14-42(60-47)45-33-57-46-23-24-48(62-67(45)46)65-25-11-15-43(65)39-12-9-13-40(56)30-39/h9-10,12-14,16,19-24,30,33,35,41,43-44,52,68H,5-8,11,15,17-18,25-29,31-32,34H2,1-4H3,(H,58,71)(H,61,69)/t41-,43-,44+,52-/m1/s1. The number of aryl methyl sites for hydroxylation is 1. The number of fused-ring (bicyclic) bond motifs is 1. The van der Waals surface area contributed by atoms with Crippen LogP contribution >= 0.6 is 11.3 Å². The second kappa shape index (κ2) is 22.5. The molecule has 9 rings (SSSR count). The molecule has 0 saturated carbocycles. The number of nitrogens with one attached hydrogen (secondary N) is 2. The van der Waals surface area contributed by atoms with Gasteiger partial charge in [-0.2, -0.15) is 0 Å². The lowest BCUT2D eigenvalue weighted by Gasteiger charge is -2.35. The average Bonchev–Trinajstić information content (AvgIpc) is 4.23. The smallest absolute Gasteiger partial charge is 0.246 e. The molecular weight excluding hydrogens is 946 g/mol. The number of aliphatic hydroxyl groups excluding tert-OH is 1. The van der Waals surface area contributed by atoms with Crippen LogP contribution in [0.1, 0.15) is 101 Å². The van der Waals surface area contributed by atoms with Gasteiger partial charge < -0.3 is 35.3 Å². The fourth-order valence-electron chi connectivity index (χ4n) is 10.3. The number of thiazole rings is 1.